The molecule has 112 valence electrons. The summed E-state index contributed by atoms with van der Waals surface area (Å²) in [5, 5.41) is 7.60. The highest BCUT2D eigenvalue weighted by molar-refractivity contribution is 9.10. The van der Waals surface area contributed by atoms with E-state index in [4.69, 9.17) is 14.2 Å². The second-order valence-corrected chi connectivity index (χ2v) is 4.81. The van der Waals surface area contributed by atoms with Crippen LogP contribution in [0.4, 0.5) is 0 Å². The van der Waals surface area contributed by atoms with Gasteiger partial charge in [-0.1, -0.05) is 5.21 Å². The lowest BCUT2D eigenvalue weighted by atomic mass is 10.1. The SMILES string of the molecule is COc1ccc(C(=O)c2c(Br)nnn2C)c(OC)c1OC. The quantitative estimate of drug-likeness (QED) is 0.761. The van der Waals surface area contributed by atoms with Gasteiger partial charge in [0.2, 0.25) is 11.5 Å². The third-order valence-corrected chi connectivity index (χ3v) is 3.48. The van der Waals surface area contributed by atoms with Crippen LogP contribution in [0.5, 0.6) is 17.2 Å². The summed E-state index contributed by atoms with van der Waals surface area (Å²) < 4.78 is 17.5. The van der Waals surface area contributed by atoms with E-state index in [0.717, 1.165) is 0 Å². The van der Waals surface area contributed by atoms with Crippen LogP contribution in [0.25, 0.3) is 0 Å². The molecule has 0 fully saturated rings. The fourth-order valence-corrected chi connectivity index (χ4v) is 2.49. The fourth-order valence-electron chi connectivity index (χ4n) is 1.98. The molecule has 0 aliphatic heterocycles. The molecule has 0 N–H and O–H groups in total. The van der Waals surface area contributed by atoms with E-state index in [0.29, 0.717) is 33.1 Å². The van der Waals surface area contributed by atoms with Crippen LogP contribution in [0.15, 0.2) is 16.7 Å². The number of hydrogen-bond donors (Lipinski definition) is 0. The zero-order valence-corrected chi connectivity index (χ0v) is 13.6. The number of hydrogen-bond acceptors (Lipinski definition) is 6. The van der Waals surface area contributed by atoms with E-state index in [1.807, 2.05) is 0 Å². The lowest BCUT2D eigenvalue weighted by Gasteiger charge is -2.15. The number of carbonyl (C=O) groups is 1. The predicted octanol–water partition coefficient (Wildman–Crippen LogP) is 1.83. The molecule has 0 spiro atoms. The Balaban J connectivity index is 2.62. The summed E-state index contributed by atoms with van der Waals surface area (Å²) in [6.45, 7) is 0. The van der Waals surface area contributed by atoms with Crippen molar-refractivity contribution in [2.45, 2.75) is 0 Å². The molecule has 8 heteroatoms. The van der Waals surface area contributed by atoms with Crippen LogP contribution in [0.3, 0.4) is 0 Å². The zero-order valence-electron chi connectivity index (χ0n) is 12.0. The van der Waals surface area contributed by atoms with Crippen molar-refractivity contribution in [1.29, 1.82) is 0 Å². The molecule has 7 nitrogen and oxygen atoms in total. The minimum atomic E-state index is -0.285. The minimum absolute atomic E-state index is 0.285. The van der Waals surface area contributed by atoms with Crippen molar-refractivity contribution in [2.75, 3.05) is 21.3 Å². The van der Waals surface area contributed by atoms with Gasteiger partial charge in [0.15, 0.2) is 16.1 Å². The monoisotopic (exact) mass is 355 g/mol. The summed E-state index contributed by atoms with van der Waals surface area (Å²) >= 11 is 3.21. The number of methoxy groups -OCH3 is 3. The fraction of sp³-hybridized carbons (Fsp3) is 0.308. The first-order chi connectivity index (χ1) is 10.0. The highest BCUT2D eigenvalue weighted by Crippen LogP contribution is 2.40. The van der Waals surface area contributed by atoms with Crippen molar-refractivity contribution in [2.24, 2.45) is 7.05 Å². The lowest BCUT2D eigenvalue weighted by molar-refractivity contribution is 0.102. The molecule has 0 saturated heterocycles. The van der Waals surface area contributed by atoms with Gasteiger partial charge in [0, 0.05) is 7.05 Å². The average Bonchev–Trinajstić information content (AvgIpc) is 2.83. The molecule has 0 saturated carbocycles. The van der Waals surface area contributed by atoms with Crippen LogP contribution in [0.1, 0.15) is 16.1 Å². The van der Waals surface area contributed by atoms with Crippen molar-refractivity contribution in [3.63, 3.8) is 0 Å². The summed E-state index contributed by atoms with van der Waals surface area (Å²) in [6.07, 6.45) is 0. The van der Waals surface area contributed by atoms with Crippen LogP contribution in [0.2, 0.25) is 0 Å². The summed E-state index contributed by atoms with van der Waals surface area (Å²) in [6, 6.07) is 3.26. The Morgan fingerprint density at radius 1 is 1.14 bits per heavy atom. The van der Waals surface area contributed by atoms with E-state index in [2.05, 4.69) is 26.2 Å². The highest BCUT2D eigenvalue weighted by Gasteiger charge is 2.25. The molecular formula is C13H14BrN3O4. The Labute approximate surface area is 129 Å². The number of carbonyl (C=O) groups excluding carboxylic acids is 1. The van der Waals surface area contributed by atoms with E-state index in [1.165, 1.54) is 26.0 Å². The van der Waals surface area contributed by atoms with E-state index in [-0.39, 0.29) is 5.78 Å². The molecule has 1 aromatic carbocycles. The van der Waals surface area contributed by atoms with Gasteiger partial charge in [-0.25, -0.2) is 4.68 Å². The molecule has 0 bridgehead atoms. The molecule has 2 rings (SSSR count). The van der Waals surface area contributed by atoms with Gasteiger partial charge in [0.05, 0.1) is 26.9 Å². The van der Waals surface area contributed by atoms with Crippen molar-refractivity contribution in [3.05, 3.63) is 28.0 Å². The van der Waals surface area contributed by atoms with Crippen LogP contribution in [-0.4, -0.2) is 42.1 Å². The molecule has 2 aromatic rings. The molecule has 21 heavy (non-hydrogen) atoms. The van der Waals surface area contributed by atoms with E-state index in [1.54, 1.807) is 19.2 Å². The Bertz CT molecular complexity index is 665. The van der Waals surface area contributed by atoms with Gasteiger partial charge < -0.3 is 14.2 Å². The van der Waals surface area contributed by atoms with Gasteiger partial charge >= 0.3 is 0 Å². The first-order valence-electron chi connectivity index (χ1n) is 5.94. The van der Waals surface area contributed by atoms with Crippen molar-refractivity contribution < 1.29 is 19.0 Å². The summed E-state index contributed by atoms with van der Waals surface area (Å²) in [7, 11) is 6.10. The standard InChI is InChI=1S/C13H14BrN3O4/c1-17-9(13(14)15-16-17)10(18)7-5-6-8(19-2)12(21-4)11(7)20-3/h5-6H,1-4H3. The molecule has 0 aliphatic rings. The van der Waals surface area contributed by atoms with Crippen molar-refractivity contribution in [1.82, 2.24) is 15.0 Å². The highest BCUT2D eigenvalue weighted by atomic mass is 79.9. The Morgan fingerprint density at radius 2 is 1.81 bits per heavy atom. The molecule has 1 heterocycles. The van der Waals surface area contributed by atoms with Crippen molar-refractivity contribution >= 4 is 21.7 Å². The zero-order chi connectivity index (χ0) is 15.6. The number of nitrogens with zero attached hydrogens (tertiary/aromatic N) is 3. The molecule has 0 amide bonds. The Hall–Kier alpha value is -2.09. The van der Waals surface area contributed by atoms with Crippen LogP contribution >= 0.6 is 15.9 Å². The second kappa shape index (κ2) is 6.13. The smallest absolute Gasteiger partial charge is 0.217 e. The minimum Gasteiger partial charge on any atom is -0.493 e. The molecule has 1 aromatic heterocycles. The van der Waals surface area contributed by atoms with Gasteiger partial charge in [0.1, 0.15) is 5.69 Å². The number of ether oxygens (including phenoxy) is 3. The number of aromatic nitrogens is 3. The van der Waals surface area contributed by atoms with Gasteiger partial charge in [-0.2, -0.15) is 0 Å². The Kier molecular flexibility index (Phi) is 4.46. The van der Waals surface area contributed by atoms with E-state index >= 15 is 0 Å². The third-order valence-electron chi connectivity index (χ3n) is 2.95. The van der Waals surface area contributed by atoms with Crippen molar-refractivity contribution in [3.8, 4) is 17.2 Å². The van der Waals surface area contributed by atoms with Gasteiger partial charge in [-0.15, -0.1) is 5.10 Å². The predicted molar refractivity (Wildman–Crippen MR) is 78.2 cm³/mol. The van der Waals surface area contributed by atoms with Gasteiger partial charge in [-0.05, 0) is 28.1 Å². The van der Waals surface area contributed by atoms with Gasteiger partial charge in [-0.3, -0.25) is 4.79 Å². The molecular weight excluding hydrogens is 342 g/mol. The summed E-state index contributed by atoms with van der Waals surface area (Å²) in [5.74, 6) is 0.854. The Morgan fingerprint density at radius 3 is 2.29 bits per heavy atom. The third kappa shape index (κ3) is 2.58. The van der Waals surface area contributed by atoms with E-state index < -0.39 is 0 Å². The first kappa shape index (κ1) is 15.3. The largest absolute Gasteiger partial charge is 0.493 e. The maximum absolute atomic E-state index is 12.7. The normalized spacial score (nSPS) is 10.3. The number of halogens is 1. The second-order valence-electron chi connectivity index (χ2n) is 4.06. The van der Waals surface area contributed by atoms with E-state index in [9.17, 15) is 4.79 Å². The lowest BCUT2D eigenvalue weighted by Crippen LogP contribution is -2.11. The molecule has 0 atom stereocenters. The number of aryl methyl sites for hydroxylation is 1. The van der Waals surface area contributed by atoms with Crippen LogP contribution in [-0.2, 0) is 7.05 Å². The summed E-state index contributed by atoms with van der Waals surface area (Å²) in [5.41, 5.74) is 0.654. The van der Waals surface area contributed by atoms with Crippen LogP contribution < -0.4 is 14.2 Å². The van der Waals surface area contributed by atoms with Crippen LogP contribution in [0, 0.1) is 0 Å². The van der Waals surface area contributed by atoms with Gasteiger partial charge in [0.25, 0.3) is 0 Å². The number of benzene rings is 1. The maximum atomic E-state index is 12.7. The number of rotatable bonds is 5. The topological polar surface area (TPSA) is 75.5 Å². The first-order valence-corrected chi connectivity index (χ1v) is 6.73. The maximum Gasteiger partial charge on any atom is 0.217 e. The molecule has 0 unspecified atom stereocenters. The molecule has 0 aliphatic carbocycles. The molecule has 0 radical (unpaired) electrons. The average molecular weight is 356 g/mol. The number of ketones is 1. The summed E-state index contributed by atoms with van der Waals surface area (Å²) in [4.78, 5) is 12.7.